The van der Waals surface area contributed by atoms with Crippen LogP contribution in [0.15, 0.2) is 18.2 Å². The zero-order valence-corrected chi connectivity index (χ0v) is 16.6. The molecule has 0 radical (unpaired) electrons. The number of halogens is 2. The van der Waals surface area contributed by atoms with Crippen LogP contribution in [0.2, 0.25) is 10.0 Å². The lowest BCUT2D eigenvalue weighted by molar-refractivity contribution is -0.144. The minimum absolute atomic E-state index is 0.114. The third-order valence-corrected chi connectivity index (χ3v) is 4.87. The monoisotopic (exact) mass is 402 g/mol. The van der Waals surface area contributed by atoms with Crippen LogP contribution in [0, 0.1) is 5.92 Å². The van der Waals surface area contributed by atoms with Crippen molar-refractivity contribution in [2.75, 3.05) is 13.1 Å². The maximum atomic E-state index is 12.2. The number of carboxylic acid groups (broad SMARTS) is 1. The first-order chi connectivity index (χ1) is 12.1. The summed E-state index contributed by atoms with van der Waals surface area (Å²) in [5.41, 5.74) is 0.303. The SMILES string of the molecule is CC(C)(C)OC(=O)N1CCC(NCc2ccc(Cl)c(Cl)c2)C(C(=O)O)C1. The van der Waals surface area contributed by atoms with Gasteiger partial charge in [-0.25, -0.2) is 4.79 Å². The molecule has 1 aromatic rings. The number of hydrogen-bond donors (Lipinski definition) is 2. The van der Waals surface area contributed by atoms with Gasteiger partial charge in [0.05, 0.1) is 16.0 Å². The van der Waals surface area contributed by atoms with Gasteiger partial charge in [-0.05, 0) is 44.9 Å². The molecular weight excluding hydrogens is 379 g/mol. The predicted octanol–water partition coefficient (Wildman–Crippen LogP) is 3.79. The molecule has 0 bridgehead atoms. The summed E-state index contributed by atoms with van der Waals surface area (Å²) in [6.45, 7) is 6.38. The number of carboxylic acids is 1. The Morgan fingerprint density at radius 3 is 2.58 bits per heavy atom. The van der Waals surface area contributed by atoms with Crippen molar-refractivity contribution in [1.29, 1.82) is 0 Å². The number of carbonyl (C=O) groups excluding carboxylic acids is 1. The predicted molar refractivity (Wildman–Crippen MR) is 101 cm³/mol. The van der Waals surface area contributed by atoms with Crippen molar-refractivity contribution in [3.8, 4) is 0 Å². The molecule has 0 spiro atoms. The number of aliphatic carboxylic acids is 1. The molecule has 2 atom stereocenters. The van der Waals surface area contributed by atoms with Crippen molar-refractivity contribution in [2.24, 2.45) is 5.92 Å². The molecule has 1 saturated heterocycles. The van der Waals surface area contributed by atoms with Gasteiger partial charge in [-0.15, -0.1) is 0 Å². The molecule has 8 heteroatoms. The molecule has 2 N–H and O–H groups in total. The largest absolute Gasteiger partial charge is 0.481 e. The lowest BCUT2D eigenvalue weighted by atomic mass is 9.92. The highest BCUT2D eigenvalue weighted by Gasteiger charge is 2.37. The second kappa shape index (κ2) is 8.46. The van der Waals surface area contributed by atoms with E-state index in [9.17, 15) is 14.7 Å². The summed E-state index contributed by atoms with van der Waals surface area (Å²) < 4.78 is 5.34. The average molecular weight is 403 g/mol. The highest BCUT2D eigenvalue weighted by Crippen LogP contribution is 2.24. The summed E-state index contributed by atoms with van der Waals surface area (Å²) >= 11 is 11.9. The number of amides is 1. The van der Waals surface area contributed by atoms with Gasteiger partial charge in [0.15, 0.2) is 0 Å². The summed E-state index contributed by atoms with van der Waals surface area (Å²) in [6.07, 6.45) is 0.0454. The molecule has 1 aliphatic rings. The van der Waals surface area contributed by atoms with Crippen LogP contribution in [0.25, 0.3) is 0 Å². The van der Waals surface area contributed by atoms with Gasteiger partial charge in [0.1, 0.15) is 5.60 Å². The van der Waals surface area contributed by atoms with Crippen LogP contribution in [0.3, 0.4) is 0 Å². The van der Waals surface area contributed by atoms with Crippen LogP contribution in [0.1, 0.15) is 32.8 Å². The van der Waals surface area contributed by atoms with Crippen LogP contribution in [0.5, 0.6) is 0 Å². The van der Waals surface area contributed by atoms with Gasteiger partial charge in [0, 0.05) is 25.7 Å². The number of piperidine rings is 1. The fourth-order valence-electron chi connectivity index (χ4n) is 2.84. The summed E-state index contributed by atoms with van der Waals surface area (Å²) in [7, 11) is 0. The van der Waals surface area contributed by atoms with Crippen LogP contribution < -0.4 is 5.32 Å². The summed E-state index contributed by atoms with van der Waals surface area (Å²) in [5.74, 6) is -1.65. The highest BCUT2D eigenvalue weighted by atomic mass is 35.5. The fourth-order valence-corrected chi connectivity index (χ4v) is 3.16. The number of carbonyl (C=O) groups is 2. The minimum atomic E-state index is -0.940. The van der Waals surface area contributed by atoms with Crippen LogP contribution >= 0.6 is 23.2 Å². The van der Waals surface area contributed by atoms with E-state index < -0.39 is 23.6 Å². The number of hydrogen-bond acceptors (Lipinski definition) is 4. The van der Waals surface area contributed by atoms with Gasteiger partial charge in [0.25, 0.3) is 0 Å². The molecule has 0 aliphatic carbocycles. The van der Waals surface area contributed by atoms with Crippen molar-refractivity contribution < 1.29 is 19.4 Å². The van der Waals surface area contributed by atoms with Gasteiger partial charge >= 0.3 is 12.1 Å². The van der Waals surface area contributed by atoms with E-state index in [0.717, 1.165) is 5.56 Å². The molecule has 2 rings (SSSR count). The lowest BCUT2D eigenvalue weighted by Gasteiger charge is -2.37. The van der Waals surface area contributed by atoms with Gasteiger partial charge < -0.3 is 20.1 Å². The molecule has 6 nitrogen and oxygen atoms in total. The second-order valence-corrected chi connectivity index (χ2v) is 8.21. The first kappa shape index (κ1) is 20.8. The van der Waals surface area contributed by atoms with E-state index in [-0.39, 0.29) is 12.6 Å². The van der Waals surface area contributed by atoms with Crippen LogP contribution in [-0.2, 0) is 16.1 Å². The lowest BCUT2D eigenvalue weighted by Crippen LogP contribution is -2.54. The van der Waals surface area contributed by atoms with E-state index in [0.29, 0.717) is 29.6 Å². The molecule has 2 unspecified atom stereocenters. The Morgan fingerprint density at radius 1 is 1.31 bits per heavy atom. The number of nitrogens with zero attached hydrogens (tertiary/aromatic N) is 1. The van der Waals surface area contributed by atoms with E-state index in [1.165, 1.54) is 4.90 Å². The molecule has 0 aromatic heterocycles. The molecule has 1 aromatic carbocycles. The highest BCUT2D eigenvalue weighted by molar-refractivity contribution is 6.42. The Hall–Kier alpha value is -1.50. The van der Waals surface area contributed by atoms with Crippen molar-refractivity contribution in [3.05, 3.63) is 33.8 Å². The Bertz CT molecular complexity index is 676. The maximum Gasteiger partial charge on any atom is 0.410 e. The Kier molecular flexibility index (Phi) is 6.77. The molecule has 1 fully saturated rings. The Morgan fingerprint density at radius 2 is 2.00 bits per heavy atom. The molecule has 0 saturated carbocycles. The third-order valence-electron chi connectivity index (χ3n) is 4.13. The zero-order valence-electron chi connectivity index (χ0n) is 15.1. The van der Waals surface area contributed by atoms with E-state index in [1.807, 2.05) is 6.07 Å². The van der Waals surface area contributed by atoms with Crippen LogP contribution in [0.4, 0.5) is 4.79 Å². The number of likely N-dealkylation sites (tertiary alicyclic amines) is 1. The standard InChI is InChI=1S/C18H24Cl2N2O4/c1-18(2,3)26-17(25)22-7-6-15(12(10-22)16(23)24)21-9-11-4-5-13(19)14(20)8-11/h4-5,8,12,15,21H,6-7,9-10H2,1-3H3,(H,23,24). The normalized spacial score (nSPS) is 20.7. The molecule has 26 heavy (non-hydrogen) atoms. The second-order valence-electron chi connectivity index (χ2n) is 7.40. The Balaban J connectivity index is 1.98. The van der Waals surface area contributed by atoms with Gasteiger partial charge in [-0.3, -0.25) is 4.79 Å². The number of nitrogens with one attached hydrogen (secondary N) is 1. The van der Waals surface area contributed by atoms with E-state index in [2.05, 4.69) is 5.32 Å². The third kappa shape index (κ3) is 5.76. The molecule has 1 aliphatic heterocycles. The van der Waals surface area contributed by atoms with E-state index in [1.54, 1.807) is 32.9 Å². The molecule has 144 valence electrons. The summed E-state index contributed by atoms with van der Waals surface area (Å²) in [4.78, 5) is 25.3. The maximum absolute atomic E-state index is 12.2. The van der Waals surface area contributed by atoms with Crippen molar-refractivity contribution in [1.82, 2.24) is 10.2 Å². The van der Waals surface area contributed by atoms with E-state index in [4.69, 9.17) is 27.9 Å². The van der Waals surface area contributed by atoms with Gasteiger partial charge in [-0.1, -0.05) is 29.3 Å². The van der Waals surface area contributed by atoms with Gasteiger partial charge in [-0.2, -0.15) is 0 Å². The quantitative estimate of drug-likeness (QED) is 0.800. The smallest absolute Gasteiger partial charge is 0.410 e. The molecule has 1 amide bonds. The van der Waals surface area contributed by atoms with Crippen molar-refractivity contribution in [2.45, 2.75) is 45.4 Å². The summed E-state index contributed by atoms with van der Waals surface area (Å²) in [6, 6.07) is 5.05. The van der Waals surface area contributed by atoms with Crippen molar-refractivity contribution >= 4 is 35.3 Å². The first-order valence-corrected chi connectivity index (χ1v) is 9.20. The Labute approximate surface area is 163 Å². The zero-order chi connectivity index (χ0) is 19.5. The molecule has 1 heterocycles. The molecular formula is C18H24Cl2N2O4. The number of rotatable bonds is 4. The van der Waals surface area contributed by atoms with Crippen molar-refractivity contribution in [3.63, 3.8) is 0 Å². The fraction of sp³-hybridized carbons (Fsp3) is 0.556. The van der Waals surface area contributed by atoms with Gasteiger partial charge in [0.2, 0.25) is 0 Å². The average Bonchev–Trinajstić information content (AvgIpc) is 2.54. The number of benzene rings is 1. The minimum Gasteiger partial charge on any atom is -0.481 e. The number of ether oxygens (including phenoxy) is 1. The van der Waals surface area contributed by atoms with Crippen LogP contribution in [-0.4, -0.2) is 46.8 Å². The summed E-state index contributed by atoms with van der Waals surface area (Å²) in [5, 5.41) is 13.8. The topological polar surface area (TPSA) is 78.9 Å². The first-order valence-electron chi connectivity index (χ1n) is 8.45. The van der Waals surface area contributed by atoms with E-state index >= 15 is 0 Å².